The molecule has 6 heteroatoms. The third-order valence-corrected chi connectivity index (χ3v) is 3.79. The second kappa shape index (κ2) is 7.00. The lowest BCUT2D eigenvalue weighted by atomic mass is 9.98. The molecular weight excluding hydrogens is 318 g/mol. The molecule has 2 aromatic carbocycles. The van der Waals surface area contributed by atoms with E-state index in [1.165, 1.54) is 0 Å². The summed E-state index contributed by atoms with van der Waals surface area (Å²) in [4.78, 5) is 26.9. The molecule has 0 saturated heterocycles. The van der Waals surface area contributed by atoms with Crippen molar-refractivity contribution in [1.29, 1.82) is 0 Å². The summed E-state index contributed by atoms with van der Waals surface area (Å²) in [5.41, 5.74) is 2.07. The maximum atomic E-state index is 11.7. The minimum atomic E-state index is -0.956. The van der Waals surface area contributed by atoms with E-state index in [0.29, 0.717) is 12.4 Å². The lowest BCUT2D eigenvalue weighted by molar-refractivity contribution is 0.0697. The fraction of sp³-hybridized carbons (Fsp3) is 0.105. The van der Waals surface area contributed by atoms with Crippen molar-refractivity contribution in [3.63, 3.8) is 0 Å². The number of aromatic carboxylic acids is 1. The molecule has 0 aliphatic heterocycles. The van der Waals surface area contributed by atoms with Crippen LogP contribution in [0.25, 0.3) is 21.9 Å². The van der Waals surface area contributed by atoms with E-state index in [4.69, 9.17) is 5.11 Å². The molecular formula is C19H17N3O3. The Morgan fingerprint density at radius 2 is 1.88 bits per heavy atom. The van der Waals surface area contributed by atoms with Gasteiger partial charge >= 0.3 is 12.0 Å². The van der Waals surface area contributed by atoms with E-state index < -0.39 is 5.97 Å². The summed E-state index contributed by atoms with van der Waals surface area (Å²) in [6.45, 7) is 2.37. The van der Waals surface area contributed by atoms with E-state index in [-0.39, 0.29) is 11.6 Å². The van der Waals surface area contributed by atoms with Crippen LogP contribution in [-0.2, 0) is 0 Å². The van der Waals surface area contributed by atoms with Crippen LogP contribution in [0.1, 0.15) is 17.3 Å². The van der Waals surface area contributed by atoms with E-state index in [1.807, 2.05) is 31.2 Å². The Kier molecular flexibility index (Phi) is 4.61. The Labute approximate surface area is 144 Å². The van der Waals surface area contributed by atoms with Crippen molar-refractivity contribution in [3.8, 4) is 11.1 Å². The van der Waals surface area contributed by atoms with Crippen molar-refractivity contribution >= 4 is 28.6 Å². The van der Waals surface area contributed by atoms with Gasteiger partial charge in [0.05, 0.1) is 5.56 Å². The Balaban J connectivity index is 2.02. The number of carbonyl (C=O) groups is 2. The third-order valence-electron chi connectivity index (χ3n) is 3.79. The first-order valence-electron chi connectivity index (χ1n) is 7.86. The number of rotatable bonds is 4. The number of anilines is 1. The Hall–Kier alpha value is -3.41. The highest BCUT2D eigenvalue weighted by molar-refractivity contribution is 5.99. The number of fused-ring (bicyclic) bond motifs is 1. The first-order chi connectivity index (χ1) is 12.1. The zero-order chi connectivity index (χ0) is 17.8. The third kappa shape index (κ3) is 3.58. The molecule has 0 bridgehead atoms. The molecule has 3 rings (SSSR count). The Morgan fingerprint density at radius 1 is 1.12 bits per heavy atom. The zero-order valence-electron chi connectivity index (χ0n) is 13.6. The van der Waals surface area contributed by atoms with Gasteiger partial charge in [0, 0.05) is 18.1 Å². The molecule has 3 aromatic rings. The first-order valence-corrected chi connectivity index (χ1v) is 7.86. The van der Waals surface area contributed by atoms with Gasteiger partial charge in [0.1, 0.15) is 5.82 Å². The van der Waals surface area contributed by atoms with Crippen molar-refractivity contribution < 1.29 is 14.7 Å². The van der Waals surface area contributed by atoms with Crippen LogP contribution in [0.4, 0.5) is 10.6 Å². The van der Waals surface area contributed by atoms with E-state index in [9.17, 15) is 9.59 Å². The van der Waals surface area contributed by atoms with E-state index in [1.54, 1.807) is 30.5 Å². The second-order valence-electron chi connectivity index (χ2n) is 5.46. The zero-order valence-corrected chi connectivity index (χ0v) is 13.6. The van der Waals surface area contributed by atoms with Gasteiger partial charge in [-0.05, 0) is 41.6 Å². The van der Waals surface area contributed by atoms with Gasteiger partial charge in [0.15, 0.2) is 0 Å². The molecule has 0 aliphatic rings. The van der Waals surface area contributed by atoms with Gasteiger partial charge in [-0.25, -0.2) is 14.6 Å². The maximum Gasteiger partial charge on any atom is 0.335 e. The standard InChI is InChI=1S/C19H17N3O3/c1-2-20-19(25)22-17-10-16-14(11-21-17)4-3-5-15(16)12-6-8-13(9-7-12)18(23)24/h3-11H,2H2,1H3,(H,23,24)(H2,20,21,22,25). The number of hydrogen-bond donors (Lipinski definition) is 3. The van der Waals surface area contributed by atoms with Crippen LogP contribution in [-0.4, -0.2) is 28.6 Å². The lowest BCUT2D eigenvalue weighted by Gasteiger charge is -2.10. The Morgan fingerprint density at radius 3 is 2.56 bits per heavy atom. The maximum absolute atomic E-state index is 11.7. The van der Waals surface area contributed by atoms with Crippen molar-refractivity contribution in [2.75, 3.05) is 11.9 Å². The monoisotopic (exact) mass is 335 g/mol. The molecule has 126 valence electrons. The molecule has 2 amide bonds. The molecule has 6 nitrogen and oxygen atoms in total. The van der Waals surface area contributed by atoms with Crippen LogP contribution in [0.2, 0.25) is 0 Å². The second-order valence-corrected chi connectivity index (χ2v) is 5.46. The molecule has 3 N–H and O–H groups in total. The quantitative estimate of drug-likeness (QED) is 0.677. The van der Waals surface area contributed by atoms with Crippen molar-refractivity contribution in [3.05, 3.63) is 60.3 Å². The van der Waals surface area contributed by atoms with Gasteiger partial charge in [0.25, 0.3) is 0 Å². The van der Waals surface area contributed by atoms with Crippen LogP contribution in [0.3, 0.4) is 0 Å². The van der Waals surface area contributed by atoms with Gasteiger partial charge in [-0.1, -0.05) is 30.3 Å². The summed E-state index contributed by atoms with van der Waals surface area (Å²) in [7, 11) is 0. The van der Waals surface area contributed by atoms with Crippen molar-refractivity contribution in [2.45, 2.75) is 6.92 Å². The largest absolute Gasteiger partial charge is 0.478 e. The number of nitrogens with zero attached hydrogens (tertiary/aromatic N) is 1. The topological polar surface area (TPSA) is 91.3 Å². The fourth-order valence-electron chi connectivity index (χ4n) is 2.60. The van der Waals surface area contributed by atoms with Gasteiger partial charge in [0.2, 0.25) is 0 Å². The number of urea groups is 1. The number of carboxylic acids is 1. The van der Waals surface area contributed by atoms with Gasteiger partial charge in [-0.15, -0.1) is 0 Å². The molecule has 0 aliphatic carbocycles. The fourth-order valence-corrected chi connectivity index (χ4v) is 2.60. The van der Waals surface area contributed by atoms with Crippen molar-refractivity contribution in [1.82, 2.24) is 10.3 Å². The highest BCUT2D eigenvalue weighted by Gasteiger charge is 2.09. The number of hydrogen-bond acceptors (Lipinski definition) is 3. The Bertz CT molecular complexity index is 936. The molecule has 0 atom stereocenters. The average Bonchev–Trinajstić information content (AvgIpc) is 2.61. The van der Waals surface area contributed by atoms with Gasteiger partial charge in [-0.3, -0.25) is 5.32 Å². The van der Waals surface area contributed by atoms with Crippen LogP contribution < -0.4 is 10.6 Å². The predicted molar refractivity (Wildman–Crippen MR) is 96.8 cm³/mol. The number of carbonyl (C=O) groups excluding carboxylic acids is 1. The number of carboxylic acid groups (broad SMARTS) is 1. The molecule has 25 heavy (non-hydrogen) atoms. The summed E-state index contributed by atoms with van der Waals surface area (Å²) in [5, 5.41) is 16.2. The first kappa shape index (κ1) is 16.4. The molecule has 1 heterocycles. The van der Waals surface area contributed by atoms with Gasteiger partial charge < -0.3 is 10.4 Å². The number of pyridine rings is 1. The minimum absolute atomic E-state index is 0.240. The van der Waals surface area contributed by atoms with E-state index in [0.717, 1.165) is 21.9 Å². The van der Waals surface area contributed by atoms with Crippen LogP contribution in [0.15, 0.2) is 54.7 Å². The highest BCUT2D eigenvalue weighted by atomic mass is 16.4. The highest BCUT2D eigenvalue weighted by Crippen LogP contribution is 2.30. The summed E-state index contributed by atoms with van der Waals surface area (Å²) >= 11 is 0. The SMILES string of the molecule is CCNC(=O)Nc1cc2c(-c3ccc(C(=O)O)cc3)cccc2cn1. The van der Waals surface area contributed by atoms with Crippen LogP contribution >= 0.6 is 0 Å². The molecule has 0 fully saturated rings. The summed E-state index contributed by atoms with van der Waals surface area (Å²) < 4.78 is 0. The van der Waals surface area contributed by atoms with E-state index in [2.05, 4.69) is 15.6 Å². The van der Waals surface area contributed by atoms with E-state index >= 15 is 0 Å². The normalized spacial score (nSPS) is 10.4. The van der Waals surface area contributed by atoms with Crippen LogP contribution in [0, 0.1) is 0 Å². The molecule has 0 radical (unpaired) electrons. The molecule has 0 spiro atoms. The van der Waals surface area contributed by atoms with Gasteiger partial charge in [-0.2, -0.15) is 0 Å². The number of amides is 2. The predicted octanol–water partition coefficient (Wildman–Crippen LogP) is 3.74. The number of nitrogens with one attached hydrogen (secondary N) is 2. The minimum Gasteiger partial charge on any atom is -0.478 e. The molecule has 0 saturated carbocycles. The lowest BCUT2D eigenvalue weighted by Crippen LogP contribution is -2.28. The number of aromatic nitrogens is 1. The smallest absolute Gasteiger partial charge is 0.335 e. The summed E-state index contributed by atoms with van der Waals surface area (Å²) in [6, 6.07) is 14.0. The summed E-state index contributed by atoms with van der Waals surface area (Å²) in [5.74, 6) is -0.504. The molecule has 1 aromatic heterocycles. The molecule has 0 unspecified atom stereocenters. The number of benzene rings is 2. The average molecular weight is 335 g/mol. The summed E-state index contributed by atoms with van der Waals surface area (Å²) in [6.07, 6.45) is 1.70. The van der Waals surface area contributed by atoms with Crippen molar-refractivity contribution in [2.24, 2.45) is 0 Å². The van der Waals surface area contributed by atoms with Crippen LogP contribution in [0.5, 0.6) is 0 Å².